The van der Waals surface area contributed by atoms with Crippen LogP contribution in [0.3, 0.4) is 0 Å². The lowest BCUT2D eigenvalue weighted by molar-refractivity contribution is 0.200. The largest absolute Gasteiger partial charge is 0.384 e. The third-order valence-corrected chi connectivity index (χ3v) is 3.29. The van der Waals surface area contributed by atoms with E-state index in [1.807, 2.05) is 0 Å². The Morgan fingerprint density at radius 2 is 1.64 bits per heavy atom. The van der Waals surface area contributed by atoms with Crippen LogP contribution in [0.1, 0.15) is 0 Å². The third-order valence-electron chi connectivity index (χ3n) is 1.67. The fourth-order valence-electron chi connectivity index (χ4n) is 0.839. The summed E-state index contributed by atoms with van der Waals surface area (Å²) in [6, 6.07) is 0. The van der Waals surface area contributed by atoms with Gasteiger partial charge in [0.1, 0.15) is 0 Å². The highest BCUT2D eigenvalue weighted by molar-refractivity contribution is 7.91. The van der Waals surface area contributed by atoms with Crippen molar-refractivity contribution in [2.75, 3.05) is 52.0 Å². The molecule has 0 aromatic rings. The highest BCUT2D eigenvalue weighted by Crippen LogP contribution is 1.88. The van der Waals surface area contributed by atoms with Gasteiger partial charge in [0.25, 0.3) is 0 Å². The Bertz CT molecular complexity index is 215. The van der Waals surface area contributed by atoms with Crippen molar-refractivity contribution in [1.82, 2.24) is 5.32 Å². The SMILES string of the molecule is COCCNCCS(=O)(=O)CCOC. The Labute approximate surface area is 85.7 Å². The van der Waals surface area contributed by atoms with Crippen molar-refractivity contribution in [3.63, 3.8) is 0 Å². The zero-order valence-electron chi connectivity index (χ0n) is 8.78. The molecule has 0 aromatic carbocycles. The Kier molecular flexibility index (Phi) is 8.07. The maximum atomic E-state index is 11.3. The molecular formula is C8H19NO4S. The summed E-state index contributed by atoms with van der Waals surface area (Å²) < 4.78 is 32.1. The predicted octanol–water partition coefficient (Wildman–Crippen LogP) is -0.716. The van der Waals surface area contributed by atoms with E-state index in [2.05, 4.69) is 5.32 Å². The van der Waals surface area contributed by atoms with E-state index in [0.717, 1.165) is 0 Å². The quantitative estimate of drug-likeness (QED) is 0.525. The molecule has 0 amide bonds. The van der Waals surface area contributed by atoms with Gasteiger partial charge < -0.3 is 14.8 Å². The normalized spacial score (nSPS) is 11.9. The number of hydrogen-bond donors (Lipinski definition) is 1. The summed E-state index contributed by atoms with van der Waals surface area (Å²) >= 11 is 0. The van der Waals surface area contributed by atoms with Crippen LogP contribution in [0, 0.1) is 0 Å². The first-order valence-electron chi connectivity index (χ1n) is 4.51. The average molecular weight is 225 g/mol. The lowest BCUT2D eigenvalue weighted by Crippen LogP contribution is -2.27. The van der Waals surface area contributed by atoms with Gasteiger partial charge in [0.05, 0.1) is 24.7 Å². The second kappa shape index (κ2) is 8.16. The second-order valence-electron chi connectivity index (χ2n) is 2.89. The first-order valence-corrected chi connectivity index (χ1v) is 6.33. The molecule has 0 rings (SSSR count). The molecule has 0 bridgehead atoms. The van der Waals surface area contributed by atoms with Crippen LogP contribution in [0.25, 0.3) is 0 Å². The number of hydrogen-bond acceptors (Lipinski definition) is 5. The van der Waals surface area contributed by atoms with Crippen molar-refractivity contribution in [3.8, 4) is 0 Å². The Morgan fingerprint density at radius 3 is 2.21 bits per heavy atom. The van der Waals surface area contributed by atoms with Gasteiger partial charge in [-0.05, 0) is 0 Å². The van der Waals surface area contributed by atoms with Crippen LogP contribution >= 0.6 is 0 Å². The Hall–Kier alpha value is -0.170. The summed E-state index contributed by atoms with van der Waals surface area (Å²) in [6.45, 7) is 2.00. The summed E-state index contributed by atoms with van der Waals surface area (Å²) in [4.78, 5) is 0. The molecule has 5 nitrogen and oxygen atoms in total. The summed E-state index contributed by atoms with van der Waals surface area (Å²) in [5.41, 5.74) is 0. The topological polar surface area (TPSA) is 64.6 Å². The van der Waals surface area contributed by atoms with Gasteiger partial charge in [-0.3, -0.25) is 0 Å². The molecule has 0 saturated carbocycles. The molecule has 1 N–H and O–H groups in total. The highest BCUT2D eigenvalue weighted by atomic mass is 32.2. The molecule has 0 atom stereocenters. The summed E-state index contributed by atoms with van der Waals surface area (Å²) in [5, 5.41) is 2.97. The molecule has 0 heterocycles. The Morgan fingerprint density at radius 1 is 1.00 bits per heavy atom. The fourth-order valence-corrected chi connectivity index (χ4v) is 1.92. The van der Waals surface area contributed by atoms with Gasteiger partial charge in [0.15, 0.2) is 9.84 Å². The zero-order chi connectivity index (χ0) is 10.9. The van der Waals surface area contributed by atoms with E-state index in [0.29, 0.717) is 19.7 Å². The molecule has 0 saturated heterocycles. The van der Waals surface area contributed by atoms with Gasteiger partial charge in [-0.2, -0.15) is 0 Å². The zero-order valence-corrected chi connectivity index (χ0v) is 9.60. The minimum absolute atomic E-state index is 0.0927. The van der Waals surface area contributed by atoms with Gasteiger partial charge in [0.2, 0.25) is 0 Å². The van der Waals surface area contributed by atoms with E-state index in [1.54, 1.807) is 7.11 Å². The maximum Gasteiger partial charge on any atom is 0.153 e. The van der Waals surface area contributed by atoms with E-state index in [4.69, 9.17) is 9.47 Å². The second-order valence-corrected chi connectivity index (χ2v) is 5.19. The molecule has 0 spiro atoms. The van der Waals surface area contributed by atoms with Crippen molar-refractivity contribution in [2.45, 2.75) is 0 Å². The van der Waals surface area contributed by atoms with Crippen LogP contribution in [-0.2, 0) is 19.3 Å². The van der Waals surface area contributed by atoms with Crippen molar-refractivity contribution in [3.05, 3.63) is 0 Å². The first kappa shape index (κ1) is 13.8. The molecule has 0 unspecified atom stereocenters. The highest BCUT2D eigenvalue weighted by Gasteiger charge is 2.08. The van der Waals surface area contributed by atoms with E-state index in [1.165, 1.54) is 7.11 Å². The van der Waals surface area contributed by atoms with Gasteiger partial charge >= 0.3 is 0 Å². The molecule has 0 fully saturated rings. The van der Waals surface area contributed by atoms with E-state index < -0.39 is 9.84 Å². The molecular weight excluding hydrogens is 206 g/mol. The molecule has 0 aliphatic heterocycles. The van der Waals surface area contributed by atoms with Gasteiger partial charge in [-0.1, -0.05) is 0 Å². The van der Waals surface area contributed by atoms with Crippen molar-refractivity contribution in [2.24, 2.45) is 0 Å². The fraction of sp³-hybridized carbons (Fsp3) is 1.00. The lowest BCUT2D eigenvalue weighted by Gasteiger charge is -2.05. The van der Waals surface area contributed by atoms with E-state index in [-0.39, 0.29) is 18.1 Å². The predicted molar refractivity (Wildman–Crippen MR) is 55.3 cm³/mol. The van der Waals surface area contributed by atoms with Crippen LogP contribution < -0.4 is 5.32 Å². The maximum absolute atomic E-state index is 11.3. The van der Waals surface area contributed by atoms with Gasteiger partial charge in [-0.25, -0.2) is 8.42 Å². The average Bonchev–Trinajstić information content (AvgIpc) is 2.15. The summed E-state index contributed by atoms with van der Waals surface area (Å²) in [6.07, 6.45) is 0. The molecule has 14 heavy (non-hydrogen) atoms. The van der Waals surface area contributed by atoms with Crippen LogP contribution in [0.4, 0.5) is 0 Å². The van der Waals surface area contributed by atoms with E-state index >= 15 is 0 Å². The molecule has 0 radical (unpaired) electrons. The molecule has 86 valence electrons. The van der Waals surface area contributed by atoms with Crippen molar-refractivity contribution < 1.29 is 17.9 Å². The standard InChI is InChI=1S/C8H19NO4S/c1-12-5-3-9-4-7-14(10,11)8-6-13-2/h9H,3-8H2,1-2H3. The number of rotatable bonds is 9. The number of nitrogens with one attached hydrogen (secondary N) is 1. The van der Waals surface area contributed by atoms with Gasteiger partial charge in [0, 0.05) is 27.3 Å². The number of ether oxygens (including phenoxy) is 2. The van der Waals surface area contributed by atoms with E-state index in [9.17, 15) is 8.42 Å². The van der Waals surface area contributed by atoms with Crippen molar-refractivity contribution in [1.29, 1.82) is 0 Å². The molecule has 0 aliphatic carbocycles. The number of sulfone groups is 1. The third kappa shape index (κ3) is 8.43. The van der Waals surface area contributed by atoms with Crippen molar-refractivity contribution >= 4 is 9.84 Å². The van der Waals surface area contributed by atoms with Crippen LogP contribution in [0.15, 0.2) is 0 Å². The lowest BCUT2D eigenvalue weighted by atomic mass is 10.6. The van der Waals surface area contributed by atoms with Crippen LogP contribution in [0.5, 0.6) is 0 Å². The van der Waals surface area contributed by atoms with Crippen LogP contribution in [0.2, 0.25) is 0 Å². The minimum atomic E-state index is -2.96. The van der Waals surface area contributed by atoms with Crippen LogP contribution in [-0.4, -0.2) is 60.4 Å². The summed E-state index contributed by atoms with van der Waals surface area (Å²) in [5.74, 6) is 0.246. The Balaban J connectivity index is 3.46. The molecule has 0 aliphatic rings. The van der Waals surface area contributed by atoms with Gasteiger partial charge in [-0.15, -0.1) is 0 Å². The minimum Gasteiger partial charge on any atom is -0.384 e. The molecule has 6 heteroatoms. The number of methoxy groups -OCH3 is 2. The monoisotopic (exact) mass is 225 g/mol. The molecule has 0 aromatic heterocycles. The first-order chi connectivity index (χ1) is 6.62. The summed E-state index contributed by atoms with van der Waals surface area (Å²) in [7, 11) is 0.141. The smallest absolute Gasteiger partial charge is 0.153 e.